The number of ketones is 1. The molecule has 0 aromatic carbocycles. The minimum Gasteiger partial charge on any atom is -0.393 e. The molecule has 4 aliphatic carbocycles. The predicted octanol–water partition coefficient (Wildman–Crippen LogP) is 3.24. The zero-order valence-electron chi connectivity index (χ0n) is 14.6. The summed E-state index contributed by atoms with van der Waals surface area (Å²) in [6.45, 7) is 6.48. The molecular formula is C20H30O3. The van der Waals surface area contributed by atoms with Crippen LogP contribution in [0.25, 0.3) is 0 Å². The second-order valence-corrected chi connectivity index (χ2v) is 9.15. The quantitative estimate of drug-likeness (QED) is 0.721. The van der Waals surface area contributed by atoms with E-state index in [0.717, 1.165) is 49.7 Å². The van der Waals surface area contributed by atoms with Crippen molar-refractivity contribution >= 4 is 5.78 Å². The van der Waals surface area contributed by atoms with E-state index in [0.29, 0.717) is 24.2 Å². The van der Waals surface area contributed by atoms with Gasteiger partial charge in [0.25, 0.3) is 0 Å². The highest BCUT2D eigenvalue weighted by Gasteiger charge is 2.60. The first-order valence-corrected chi connectivity index (χ1v) is 9.39. The summed E-state index contributed by atoms with van der Waals surface area (Å²) in [4.78, 5) is 12.2. The first-order valence-electron chi connectivity index (χ1n) is 9.39. The molecule has 23 heavy (non-hydrogen) atoms. The molecule has 2 N–H and O–H groups in total. The Morgan fingerprint density at radius 1 is 1.04 bits per heavy atom. The van der Waals surface area contributed by atoms with Gasteiger partial charge in [-0.3, -0.25) is 4.79 Å². The SMILES string of the molecule is CC1=C2[C@H](O)C[C@H]3[C@@H]4CC[C@H](O)[C@@]4(C)CC[C@@H]3[C@@]2(C)CCC1=O. The van der Waals surface area contributed by atoms with Crippen molar-refractivity contribution in [2.24, 2.45) is 28.6 Å². The van der Waals surface area contributed by atoms with Crippen LogP contribution >= 0.6 is 0 Å². The van der Waals surface area contributed by atoms with Gasteiger partial charge in [0, 0.05) is 6.42 Å². The number of aliphatic hydroxyl groups excluding tert-OH is 2. The van der Waals surface area contributed by atoms with Crippen LogP contribution in [0.1, 0.15) is 65.7 Å². The lowest BCUT2D eigenvalue weighted by molar-refractivity contribution is -0.121. The van der Waals surface area contributed by atoms with Crippen molar-refractivity contribution < 1.29 is 15.0 Å². The minimum absolute atomic E-state index is 0.0187. The van der Waals surface area contributed by atoms with Crippen LogP contribution < -0.4 is 0 Å². The molecule has 3 nitrogen and oxygen atoms in total. The highest BCUT2D eigenvalue weighted by atomic mass is 16.3. The summed E-state index contributed by atoms with van der Waals surface area (Å²) in [5, 5.41) is 21.4. The summed E-state index contributed by atoms with van der Waals surface area (Å²) >= 11 is 0. The van der Waals surface area contributed by atoms with E-state index < -0.39 is 6.10 Å². The maximum atomic E-state index is 12.2. The summed E-state index contributed by atoms with van der Waals surface area (Å²) in [6, 6.07) is 0. The number of hydrogen-bond donors (Lipinski definition) is 2. The van der Waals surface area contributed by atoms with E-state index in [1.165, 1.54) is 0 Å². The summed E-state index contributed by atoms with van der Waals surface area (Å²) in [5.41, 5.74) is 1.91. The Balaban J connectivity index is 1.76. The van der Waals surface area contributed by atoms with E-state index in [9.17, 15) is 15.0 Å². The molecular weight excluding hydrogens is 288 g/mol. The Kier molecular flexibility index (Phi) is 3.39. The van der Waals surface area contributed by atoms with Crippen molar-refractivity contribution in [3.8, 4) is 0 Å². The van der Waals surface area contributed by atoms with Gasteiger partial charge in [0.05, 0.1) is 12.2 Å². The third kappa shape index (κ3) is 1.93. The molecule has 0 amide bonds. The zero-order chi connectivity index (χ0) is 16.6. The summed E-state index contributed by atoms with van der Waals surface area (Å²) in [5.74, 6) is 1.82. The second kappa shape index (κ2) is 4.92. The van der Waals surface area contributed by atoms with Crippen LogP contribution in [0, 0.1) is 28.6 Å². The third-order valence-corrected chi connectivity index (χ3v) is 8.34. The largest absolute Gasteiger partial charge is 0.393 e. The molecule has 4 rings (SSSR count). The van der Waals surface area contributed by atoms with Crippen molar-refractivity contribution in [2.75, 3.05) is 0 Å². The minimum atomic E-state index is -0.467. The highest BCUT2D eigenvalue weighted by molar-refractivity contribution is 5.97. The molecule has 128 valence electrons. The van der Waals surface area contributed by atoms with Gasteiger partial charge in [-0.2, -0.15) is 0 Å². The van der Waals surface area contributed by atoms with Crippen LogP contribution in [0.5, 0.6) is 0 Å². The van der Waals surface area contributed by atoms with E-state index in [1.54, 1.807) is 0 Å². The molecule has 3 heteroatoms. The molecule has 0 aromatic heterocycles. The fourth-order valence-electron chi connectivity index (χ4n) is 7.04. The lowest BCUT2D eigenvalue weighted by Gasteiger charge is -2.59. The molecule has 0 spiro atoms. The van der Waals surface area contributed by atoms with Crippen molar-refractivity contribution in [2.45, 2.75) is 77.9 Å². The first-order chi connectivity index (χ1) is 10.8. The molecule has 0 saturated heterocycles. The van der Waals surface area contributed by atoms with Gasteiger partial charge in [-0.15, -0.1) is 0 Å². The Morgan fingerprint density at radius 2 is 1.78 bits per heavy atom. The van der Waals surface area contributed by atoms with Crippen LogP contribution in [0.15, 0.2) is 11.1 Å². The highest BCUT2D eigenvalue weighted by Crippen LogP contribution is 2.65. The van der Waals surface area contributed by atoms with Crippen LogP contribution in [0.4, 0.5) is 0 Å². The van der Waals surface area contributed by atoms with E-state index in [-0.39, 0.29) is 22.7 Å². The third-order valence-electron chi connectivity index (χ3n) is 8.34. The summed E-state index contributed by atoms with van der Waals surface area (Å²) < 4.78 is 0. The number of carbonyl (C=O) groups is 1. The number of rotatable bonds is 0. The summed E-state index contributed by atoms with van der Waals surface area (Å²) in [6.07, 6.45) is 5.89. The fourth-order valence-corrected chi connectivity index (χ4v) is 7.04. The van der Waals surface area contributed by atoms with Crippen molar-refractivity contribution in [3.63, 3.8) is 0 Å². The standard InChI is InChI=1S/C20H30O3/c1-11-15(21)7-9-20(3)14-6-8-19(2)13(4-5-17(19)23)12(14)10-16(22)18(11)20/h12-14,16-17,22-23H,4-10H2,1-3H3/t12-,13-,14-,16+,17-,19-,20+/m0/s1. The molecule has 7 atom stereocenters. The van der Waals surface area contributed by atoms with Gasteiger partial charge in [-0.1, -0.05) is 13.8 Å². The van der Waals surface area contributed by atoms with Gasteiger partial charge < -0.3 is 10.2 Å². The topological polar surface area (TPSA) is 57.5 Å². The molecule has 3 saturated carbocycles. The molecule has 0 radical (unpaired) electrons. The number of aliphatic hydroxyl groups is 2. The van der Waals surface area contributed by atoms with Gasteiger partial charge in [-0.05, 0) is 85.2 Å². The molecule has 3 fully saturated rings. The van der Waals surface area contributed by atoms with Gasteiger partial charge in [0.1, 0.15) is 0 Å². The number of hydrogen-bond acceptors (Lipinski definition) is 3. The number of carbonyl (C=O) groups excluding carboxylic acids is 1. The van der Waals surface area contributed by atoms with Crippen molar-refractivity contribution in [1.29, 1.82) is 0 Å². The molecule has 0 bridgehead atoms. The molecule has 0 aromatic rings. The van der Waals surface area contributed by atoms with Gasteiger partial charge in [0.15, 0.2) is 5.78 Å². The molecule has 4 aliphatic rings. The van der Waals surface area contributed by atoms with Gasteiger partial charge in [0.2, 0.25) is 0 Å². The lowest BCUT2D eigenvalue weighted by atomic mass is 9.46. The summed E-state index contributed by atoms with van der Waals surface area (Å²) in [7, 11) is 0. The second-order valence-electron chi connectivity index (χ2n) is 9.15. The first kappa shape index (κ1) is 15.8. The Hall–Kier alpha value is -0.670. The monoisotopic (exact) mass is 318 g/mol. The Morgan fingerprint density at radius 3 is 2.52 bits per heavy atom. The van der Waals surface area contributed by atoms with E-state index in [4.69, 9.17) is 0 Å². The Bertz CT molecular complexity index is 579. The fraction of sp³-hybridized carbons (Fsp3) is 0.850. The maximum absolute atomic E-state index is 12.2. The number of Topliss-reactive ketones (excluding diaryl/α,β-unsaturated/α-hetero) is 1. The molecule has 0 heterocycles. The molecule has 0 aliphatic heterocycles. The maximum Gasteiger partial charge on any atom is 0.158 e. The number of fused-ring (bicyclic) bond motifs is 5. The normalized spacial score (nSPS) is 52.9. The van der Waals surface area contributed by atoms with Crippen molar-refractivity contribution in [1.82, 2.24) is 0 Å². The van der Waals surface area contributed by atoms with Crippen LogP contribution in [0.2, 0.25) is 0 Å². The Labute approximate surface area is 139 Å². The van der Waals surface area contributed by atoms with Gasteiger partial charge >= 0.3 is 0 Å². The van der Waals surface area contributed by atoms with Crippen LogP contribution in [-0.2, 0) is 4.79 Å². The average molecular weight is 318 g/mol. The van der Waals surface area contributed by atoms with E-state index >= 15 is 0 Å². The van der Waals surface area contributed by atoms with Crippen LogP contribution in [0.3, 0.4) is 0 Å². The zero-order valence-corrected chi connectivity index (χ0v) is 14.6. The van der Waals surface area contributed by atoms with Gasteiger partial charge in [-0.25, -0.2) is 0 Å². The van der Waals surface area contributed by atoms with E-state index in [1.807, 2.05) is 6.92 Å². The average Bonchev–Trinajstić information content (AvgIpc) is 2.79. The van der Waals surface area contributed by atoms with E-state index in [2.05, 4.69) is 13.8 Å². The molecule has 0 unspecified atom stereocenters. The lowest BCUT2D eigenvalue weighted by Crippen LogP contribution is -2.54. The van der Waals surface area contributed by atoms with Crippen molar-refractivity contribution in [3.05, 3.63) is 11.1 Å². The predicted molar refractivity (Wildman–Crippen MR) is 88.7 cm³/mol. The smallest absolute Gasteiger partial charge is 0.158 e. The van der Waals surface area contributed by atoms with Crippen LogP contribution in [-0.4, -0.2) is 28.2 Å².